The minimum Gasteiger partial charge on any atom is -0.351 e. The van der Waals surface area contributed by atoms with Gasteiger partial charge in [0.25, 0.3) is 5.91 Å². The van der Waals surface area contributed by atoms with Crippen LogP contribution in [0, 0.1) is 5.92 Å². The van der Waals surface area contributed by atoms with E-state index in [9.17, 15) is 9.59 Å². The van der Waals surface area contributed by atoms with Crippen LogP contribution in [0.3, 0.4) is 0 Å². The largest absolute Gasteiger partial charge is 0.351 e. The Morgan fingerprint density at radius 3 is 2.40 bits per heavy atom. The Morgan fingerprint density at radius 1 is 1.30 bits per heavy atom. The molecule has 1 aromatic carbocycles. The quantitative estimate of drug-likeness (QED) is 0.783. The smallest absolute Gasteiger partial charge is 0.251 e. The number of hydrogen-bond acceptors (Lipinski definition) is 2. The van der Waals surface area contributed by atoms with Crippen molar-refractivity contribution >= 4 is 27.7 Å². The third-order valence-corrected chi connectivity index (χ3v) is 3.29. The van der Waals surface area contributed by atoms with Crippen molar-refractivity contribution in [2.75, 3.05) is 6.54 Å². The highest BCUT2D eigenvalue weighted by molar-refractivity contribution is 9.10. The number of rotatable bonds is 6. The van der Waals surface area contributed by atoms with Gasteiger partial charge >= 0.3 is 0 Å². The van der Waals surface area contributed by atoms with Gasteiger partial charge < -0.3 is 10.6 Å². The first-order valence-corrected chi connectivity index (χ1v) is 7.20. The molecule has 0 saturated carbocycles. The van der Waals surface area contributed by atoms with Crippen LogP contribution < -0.4 is 10.6 Å². The number of carbonyl (C=O) groups is 2. The summed E-state index contributed by atoms with van der Waals surface area (Å²) in [4.78, 5) is 24.1. The number of amides is 2. The van der Waals surface area contributed by atoms with Crippen molar-refractivity contribution in [3.63, 3.8) is 0 Å². The summed E-state index contributed by atoms with van der Waals surface area (Å²) in [5.41, 5.74) is 0.523. The van der Waals surface area contributed by atoms with Gasteiger partial charge in [0.2, 0.25) is 5.91 Å². The molecule has 1 rings (SSSR count). The highest BCUT2D eigenvalue weighted by Crippen LogP contribution is 2.11. The van der Waals surface area contributed by atoms with Gasteiger partial charge in [0.15, 0.2) is 0 Å². The van der Waals surface area contributed by atoms with Crippen LogP contribution in [0.15, 0.2) is 41.4 Å². The van der Waals surface area contributed by atoms with E-state index in [-0.39, 0.29) is 17.7 Å². The first-order valence-electron chi connectivity index (χ1n) is 6.40. The van der Waals surface area contributed by atoms with Crippen LogP contribution in [-0.4, -0.2) is 24.4 Å². The Hall–Kier alpha value is -1.62. The number of nitrogens with one attached hydrogen (secondary N) is 2. The molecule has 0 saturated heterocycles. The summed E-state index contributed by atoms with van der Waals surface area (Å²) in [5.74, 6) is -0.463. The van der Waals surface area contributed by atoms with E-state index in [1.165, 1.54) is 0 Å². The molecule has 0 bridgehead atoms. The van der Waals surface area contributed by atoms with Crippen molar-refractivity contribution in [1.29, 1.82) is 0 Å². The maximum atomic E-state index is 12.1. The molecule has 0 aliphatic rings. The zero-order valence-corrected chi connectivity index (χ0v) is 13.2. The molecule has 0 unspecified atom stereocenters. The molecule has 0 aromatic heterocycles. The van der Waals surface area contributed by atoms with E-state index in [0.29, 0.717) is 12.1 Å². The first-order chi connectivity index (χ1) is 9.45. The van der Waals surface area contributed by atoms with Gasteiger partial charge in [-0.25, -0.2) is 0 Å². The highest BCUT2D eigenvalue weighted by Gasteiger charge is 2.24. The lowest BCUT2D eigenvalue weighted by Crippen LogP contribution is -2.49. The zero-order valence-electron chi connectivity index (χ0n) is 11.7. The van der Waals surface area contributed by atoms with E-state index < -0.39 is 6.04 Å². The molecule has 2 N–H and O–H groups in total. The Morgan fingerprint density at radius 2 is 1.90 bits per heavy atom. The fourth-order valence-corrected chi connectivity index (χ4v) is 1.91. The van der Waals surface area contributed by atoms with Gasteiger partial charge in [-0.15, -0.1) is 6.58 Å². The number of carbonyl (C=O) groups excluding carboxylic acids is 2. The van der Waals surface area contributed by atoms with Crippen molar-refractivity contribution in [2.45, 2.75) is 19.9 Å². The molecule has 0 radical (unpaired) electrons. The lowest BCUT2D eigenvalue weighted by Gasteiger charge is -2.21. The number of halogens is 1. The summed E-state index contributed by atoms with van der Waals surface area (Å²) in [5, 5.41) is 5.46. The van der Waals surface area contributed by atoms with E-state index in [2.05, 4.69) is 33.1 Å². The monoisotopic (exact) mass is 338 g/mol. The summed E-state index contributed by atoms with van der Waals surface area (Å²) < 4.78 is 0.901. The molecule has 0 spiro atoms. The summed E-state index contributed by atoms with van der Waals surface area (Å²) in [7, 11) is 0. The Labute approximate surface area is 127 Å². The van der Waals surface area contributed by atoms with Gasteiger partial charge in [-0.05, 0) is 30.2 Å². The molecule has 0 heterocycles. The third-order valence-electron chi connectivity index (χ3n) is 2.76. The van der Waals surface area contributed by atoms with Crippen LogP contribution in [0.25, 0.3) is 0 Å². The van der Waals surface area contributed by atoms with Crippen LogP contribution in [-0.2, 0) is 4.79 Å². The Kier molecular flexibility index (Phi) is 6.45. The summed E-state index contributed by atoms with van der Waals surface area (Å²) in [6.07, 6.45) is 1.60. The van der Waals surface area contributed by atoms with Gasteiger partial charge in [-0.3, -0.25) is 9.59 Å². The normalized spacial score (nSPS) is 11.8. The van der Waals surface area contributed by atoms with Crippen molar-refractivity contribution in [3.05, 3.63) is 47.0 Å². The lowest BCUT2D eigenvalue weighted by atomic mass is 10.0. The molecule has 108 valence electrons. The van der Waals surface area contributed by atoms with Crippen LogP contribution in [0.2, 0.25) is 0 Å². The molecule has 20 heavy (non-hydrogen) atoms. The average molecular weight is 339 g/mol. The highest BCUT2D eigenvalue weighted by atomic mass is 79.9. The molecular weight excluding hydrogens is 320 g/mol. The molecular formula is C15H19BrN2O2. The predicted octanol–water partition coefficient (Wildman–Crippen LogP) is 2.51. The molecule has 0 aliphatic heterocycles. The summed E-state index contributed by atoms with van der Waals surface area (Å²) >= 11 is 3.32. The minimum absolute atomic E-state index is 0.000728. The fourth-order valence-electron chi connectivity index (χ4n) is 1.64. The van der Waals surface area contributed by atoms with Crippen molar-refractivity contribution in [2.24, 2.45) is 5.92 Å². The Balaban J connectivity index is 2.74. The summed E-state index contributed by atoms with van der Waals surface area (Å²) in [6.45, 7) is 7.71. The van der Waals surface area contributed by atoms with Crippen LogP contribution in [0.5, 0.6) is 0 Å². The second-order valence-corrected chi connectivity index (χ2v) is 5.65. The molecule has 4 nitrogen and oxygen atoms in total. The fraction of sp³-hybridized carbons (Fsp3) is 0.333. The van der Waals surface area contributed by atoms with E-state index >= 15 is 0 Å². The van der Waals surface area contributed by atoms with E-state index in [4.69, 9.17) is 0 Å². The maximum Gasteiger partial charge on any atom is 0.251 e. The Bertz CT molecular complexity index is 483. The van der Waals surface area contributed by atoms with Crippen molar-refractivity contribution in [3.8, 4) is 0 Å². The van der Waals surface area contributed by atoms with Crippen LogP contribution >= 0.6 is 15.9 Å². The van der Waals surface area contributed by atoms with Gasteiger partial charge in [0.05, 0.1) is 0 Å². The van der Waals surface area contributed by atoms with E-state index in [1.807, 2.05) is 13.8 Å². The van der Waals surface area contributed by atoms with Gasteiger partial charge in [0.1, 0.15) is 6.04 Å². The predicted molar refractivity (Wildman–Crippen MR) is 83.4 cm³/mol. The van der Waals surface area contributed by atoms with Gasteiger partial charge in [-0.1, -0.05) is 35.9 Å². The van der Waals surface area contributed by atoms with Crippen LogP contribution in [0.1, 0.15) is 24.2 Å². The zero-order chi connectivity index (χ0) is 15.1. The maximum absolute atomic E-state index is 12.1. The summed E-state index contributed by atoms with van der Waals surface area (Å²) in [6, 6.07) is 6.43. The standard InChI is InChI=1S/C15H19BrN2O2/c1-4-9-17-15(20)13(10(2)3)18-14(19)11-5-7-12(16)8-6-11/h4-8,10,13H,1,9H2,2-3H3,(H,17,20)(H,18,19)/t13-/m0/s1. The molecule has 2 amide bonds. The SMILES string of the molecule is C=CCNC(=O)[C@@H](NC(=O)c1ccc(Br)cc1)C(C)C. The lowest BCUT2D eigenvalue weighted by molar-refractivity contribution is -0.123. The molecule has 5 heteroatoms. The second kappa shape index (κ2) is 7.85. The van der Waals surface area contributed by atoms with Gasteiger partial charge in [-0.2, -0.15) is 0 Å². The third kappa shape index (κ3) is 4.81. The van der Waals surface area contributed by atoms with E-state index in [0.717, 1.165) is 4.47 Å². The van der Waals surface area contributed by atoms with Crippen molar-refractivity contribution in [1.82, 2.24) is 10.6 Å². The van der Waals surface area contributed by atoms with Crippen LogP contribution in [0.4, 0.5) is 0 Å². The number of benzene rings is 1. The first kappa shape index (κ1) is 16.4. The molecule has 0 fully saturated rings. The molecule has 1 atom stereocenters. The number of hydrogen-bond donors (Lipinski definition) is 2. The van der Waals surface area contributed by atoms with E-state index in [1.54, 1.807) is 30.3 Å². The molecule has 0 aliphatic carbocycles. The average Bonchev–Trinajstić information content (AvgIpc) is 2.42. The topological polar surface area (TPSA) is 58.2 Å². The van der Waals surface area contributed by atoms with Crippen molar-refractivity contribution < 1.29 is 9.59 Å². The van der Waals surface area contributed by atoms with Gasteiger partial charge in [0, 0.05) is 16.6 Å². The minimum atomic E-state index is -0.564. The molecule has 1 aromatic rings. The second-order valence-electron chi connectivity index (χ2n) is 4.74.